The normalized spacial score (nSPS) is 20.1. The molecule has 0 unspecified atom stereocenters. The highest BCUT2D eigenvalue weighted by molar-refractivity contribution is 5.81. The average molecular weight is 479 g/mol. The summed E-state index contributed by atoms with van der Waals surface area (Å²) in [5.41, 5.74) is 2.75. The van der Waals surface area contributed by atoms with Crippen LogP contribution in [-0.4, -0.2) is 49.3 Å². The minimum Gasteiger partial charge on any atom is -0.377 e. The van der Waals surface area contributed by atoms with Gasteiger partial charge in [0.1, 0.15) is 0 Å². The van der Waals surface area contributed by atoms with Crippen LogP contribution in [0.2, 0.25) is 0 Å². The second kappa shape index (κ2) is 11.0. The first kappa shape index (κ1) is 24.1. The minimum atomic E-state index is -0.0220. The number of hydrogen-bond donors (Lipinski definition) is 1. The summed E-state index contributed by atoms with van der Waals surface area (Å²) in [5, 5.41) is 14.2. The molecule has 1 aliphatic heterocycles. The van der Waals surface area contributed by atoms with Crippen molar-refractivity contribution in [2.24, 2.45) is 0 Å². The standard InChI is InChI=1S/C27H38N6O2/c1-3-9-24(26-29-30-31-33(26)22-12-5-4-6-13-22)32(18-23-14-8-15-35-23)17-21-16-20-11-7-10-19(2)25(20)28-27(21)34/h7,10-11,16,22-24H,3-6,8-9,12-15,17-18H2,1-2H3,(H,28,34)/t23-,24+/m0/s1. The number of nitrogens with zero attached hydrogens (tertiary/aromatic N) is 5. The summed E-state index contributed by atoms with van der Waals surface area (Å²) in [4.78, 5) is 18.7. The van der Waals surface area contributed by atoms with Crippen molar-refractivity contribution in [2.45, 2.75) is 96.4 Å². The molecule has 8 heteroatoms. The first-order valence-corrected chi connectivity index (χ1v) is 13.4. The summed E-state index contributed by atoms with van der Waals surface area (Å²) in [6.07, 6.45) is 10.3. The Hall–Kier alpha value is -2.58. The number of para-hydroxylation sites is 1. The molecule has 0 spiro atoms. The van der Waals surface area contributed by atoms with Crippen LogP contribution >= 0.6 is 0 Å². The molecule has 1 aromatic carbocycles. The molecule has 0 radical (unpaired) electrons. The Morgan fingerprint density at radius 2 is 2.06 bits per heavy atom. The molecule has 1 saturated carbocycles. The van der Waals surface area contributed by atoms with E-state index in [2.05, 4.69) is 49.1 Å². The Bertz CT molecular complexity index is 1180. The van der Waals surface area contributed by atoms with Crippen molar-refractivity contribution in [3.63, 3.8) is 0 Å². The number of aryl methyl sites for hydroxylation is 1. The van der Waals surface area contributed by atoms with E-state index in [9.17, 15) is 4.79 Å². The quantitative estimate of drug-likeness (QED) is 0.473. The molecular formula is C27H38N6O2. The van der Waals surface area contributed by atoms with Crippen LogP contribution in [0.1, 0.15) is 93.7 Å². The molecule has 188 valence electrons. The van der Waals surface area contributed by atoms with Crippen LogP contribution in [0.3, 0.4) is 0 Å². The van der Waals surface area contributed by atoms with Crippen molar-refractivity contribution in [3.8, 4) is 0 Å². The fraction of sp³-hybridized carbons (Fsp3) is 0.630. The van der Waals surface area contributed by atoms with E-state index in [1.807, 2.05) is 19.1 Å². The van der Waals surface area contributed by atoms with Crippen LogP contribution < -0.4 is 5.56 Å². The average Bonchev–Trinajstić information content (AvgIpc) is 3.56. The van der Waals surface area contributed by atoms with Crippen molar-refractivity contribution in [1.29, 1.82) is 0 Å². The van der Waals surface area contributed by atoms with E-state index in [4.69, 9.17) is 4.74 Å². The van der Waals surface area contributed by atoms with Gasteiger partial charge in [-0.25, -0.2) is 4.68 Å². The molecule has 8 nitrogen and oxygen atoms in total. The largest absolute Gasteiger partial charge is 0.377 e. The van der Waals surface area contributed by atoms with Gasteiger partial charge in [0.2, 0.25) is 0 Å². The van der Waals surface area contributed by atoms with Gasteiger partial charge in [0.25, 0.3) is 5.56 Å². The summed E-state index contributed by atoms with van der Waals surface area (Å²) < 4.78 is 8.14. The first-order chi connectivity index (χ1) is 17.1. The zero-order valence-corrected chi connectivity index (χ0v) is 21.1. The molecule has 5 rings (SSSR count). The van der Waals surface area contributed by atoms with E-state index in [1.165, 1.54) is 19.3 Å². The molecule has 1 saturated heterocycles. The van der Waals surface area contributed by atoms with Gasteiger partial charge in [-0.3, -0.25) is 9.69 Å². The van der Waals surface area contributed by atoms with Crippen molar-refractivity contribution in [3.05, 3.63) is 51.6 Å². The fourth-order valence-corrected chi connectivity index (χ4v) is 5.87. The number of ether oxygens (including phenoxy) is 1. The predicted octanol–water partition coefficient (Wildman–Crippen LogP) is 4.85. The third kappa shape index (κ3) is 5.33. The number of H-pyrrole nitrogens is 1. The van der Waals surface area contributed by atoms with Gasteiger partial charge in [-0.1, -0.05) is 50.8 Å². The molecule has 2 aliphatic rings. The zero-order valence-electron chi connectivity index (χ0n) is 21.1. The SMILES string of the molecule is CCC[C@H](c1nnnn1C1CCCCC1)N(Cc1cc2cccc(C)c2[nH]c1=O)C[C@@H]1CCCO1. The molecule has 0 bridgehead atoms. The van der Waals surface area contributed by atoms with Crippen LogP contribution in [0.5, 0.6) is 0 Å². The third-order valence-corrected chi connectivity index (χ3v) is 7.74. The smallest absolute Gasteiger partial charge is 0.252 e. The minimum absolute atomic E-state index is 0.0220. The van der Waals surface area contributed by atoms with Gasteiger partial charge in [-0.2, -0.15) is 0 Å². The molecule has 3 heterocycles. The molecule has 2 fully saturated rings. The number of hydrogen-bond acceptors (Lipinski definition) is 6. The Kier molecular flexibility index (Phi) is 7.58. The number of rotatable bonds is 9. The summed E-state index contributed by atoms with van der Waals surface area (Å²) in [6, 6.07) is 8.60. The van der Waals surface area contributed by atoms with Crippen molar-refractivity contribution in [2.75, 3.05) is 13.2 Å². The molecule has 2 aromatic heterocycles. The maximum absolute atomic E-state index is 13.2. The lowest BCUT2D eigenvalue weighted by Gasteiger charge is -2.33. The maximum atomic E-state index is 13.2. The number of aromatic nitrogens is 5. The third-order valence-electron chi connectivity index (χ3n) is 7.74. The van der Waals surface area contributed by atoms with Crippen LogP contribution in [0.4, 0.5) is 0 Å². The Morgan fingerprint density at radius 1 is 1.20 bits per heavy atom. The number of aromatic amines is 1. The van der Waals surface area contributed by atoms with Crippen LogP contribution in [-0.2, 0) is 11.3 Å². The van der Waals surface area contributed by atoms with Gasteiger partial charge >= 0.3 is 0 Å². The number of pyridine rings is 1. The summed E-state index contributed by atoms with van der Waals surface area (Å²) in [6.45, 7) is 6.36. The van der Waals surface area contributed by atoms with Crippen LogP contribution in [0, 0.1) is 6.92 Å². The highest BCUT2D eigenvalue weighted by Gasteiger charge is 2.32. The number of tetrazole rings is 1. The molecule has 3 aromatic rings. The van der Waals surface area contributed by atoms with Gasteiger partial charge in [-0.05, 0) is 66.5 Å². The van der Waals surface area contributed by atoms with E-state index in [0.717, 1.165) is 79.5 Å². The van der Waals surface area contributed by atoms with Gasteiger partial charge in [0.05, 0.1) is 23.7 Å². The maximum Gasteiger partial charge on any atom is 0.252 e. The summed E-state index contributed by atoms with van der Waals surface area (Å²) in [7, 11) is 0. The molecule has 35 heavy (non-hydrogen) atoms. The lowest BCUT2D eigenvalue weighted by molar-refractivity contribution is 0.0468. The Labute approximate surface area is 207 Å². The summed E-state index contributed by atoms with van der Waals surface area (Å²) >= 11 is 0. The predicted molar refractivity (Wildman–Crippen MR) is 136 cm³/mol. The van der Waals surface area contributed by atoms with E-state index in [-0.39, 0.29) is 17.7 Å². The van der Waals surface area contributed by atoms with E-state index >= 15 is 0 Å². The van der Waals surface area contributed by atoms with E-state index in [1.54, 1.807) is 0 Å². The molecule has 2 atom stereocenters. The van der Waals surface area contributed by atoms with E-state index < -0.39 is 0 Å². The van der Waals surface area contributed by atoms with Crippen LogP contribution in [0.25, 0.3) is 10.9 Å². The molecular weight excluding hydrogens is 440 g/mol. The topological polar surface area (TPSA) is 88.9 Å². The lowest BCUT2D eigenvalue weighted by Crippen LogP contribution is -2.38. The van der Waals surface area contributed by atoms with Crippen molar-refractivity contribution >= 4 is 10.9 Å². The Balaban J connectivity index is 1.50. The Morgan fingerprint density at radius 3 is 2.83 bits per heavy atom. The number of fused-ring (bicyclic) bond motifs is 1. The molecule has 1 aliphatic carbocycles. The first-order valence-electron chi connectivity index (χ1n) is 13.4. The second-order valence-corrected chi connectivity index (χ2v) is 10.3. The molecule has 1 N–H and O–H groups in total. The van der Waals surface area contributed by atoms with Crippen molar-refractivity contribution < 1.29 is 4.74 Å². The molecule has 0 amide bonds. The number of benzene rings is 1. The zero-order chi connectivity index (χ0) is 24.2. The van der Waals surface area contributed by atoms with Crippen LogP contribution in [0.15, 0.2) is 29.1 Å². The van der Waals surface area contributed by atoms with Gasteiger partial charge in [-0.15, -0.1) is 5.10 Å². The fourth-order valence-electron chi connectivity index (χ4n) is 5.87. The number of nitrogens with one attached hydrogen (secondary N) is 1. The highest BCUT2D eigenvalue weighted by Crippen LogP contribution is 2.33. The van der Waals surface area contributed by atoms with Gasteiger partial charge in [0.15, 0.2) is 5.82 Å². The second-order valence-electron chi connectivity index (χ2n) is 10.3. The van der Waals surface area contributed by atoms with Crippen molar-refractivity contribution in [1.82, 2.24) is 30.1 Å². The monoisotopic (exact) mass is 478 g/mol. The van der Waals surface area contributed by atoms with E-state index in [0.29, 0.717) is 12.6 Å². The lowest BCUT2D eigenvalue weighted by atomic mass is 9.95. The van der Waals surface area contributed by atoms with Gasteiger partial charge in [0, 0.05) is 25.3 Å². The highest BCUT2D eigenvalue weighted by atomic mass is 16.5. The summed E-state index contributed by atoms with van der Waals surface area (Å²) in [5.74, 6) is 0.935. The van der Waals surface area contributed by atoms with Gasteiger partial charge < -0.3 is 9.72 Å².